The molecule has 1 aliphatic rings. The summed E-state index contributed by atoms with van der Waals surface area (Å²) in [6, 6.07) is 7.38. The number of benzene rings is 1. The second kappa shape index (κ2) is 5.83. The Kier molecular flexibility index (Phi) is 4.33. The molecule has 1 aliphatic carbocycles. The van der Waals surface area contributed by atoms with Gasteiger partial charge in [0.25, 0.3) is 0 Å². The molecule has 0 aromatic heterocycles. The number of carbonyl (C=O) groups is 2. The third kappa shape index (κ3) is 2.80. The number of rotatable bonds is 5. The lowest BCUT2D eigenvalue weighted by Crippen LogP contribution is -2.40. The molecular formula is C15H18ClNO3. The largest absolute Gasteiger partial charge is 0.465 e. The highest BCUT2D eigenvalue weighted by molar-refractivity contribution is 6.31. The molecule has 1 aromatic rings. The van der Waals surface area contributed by atoms with Crippen LogP contribution in [0.25, 0.3) is 0 Å². The molecule has 1 aromatic carbocycles. The van der Waals surface area contributed by atoms with Crippen LogP contribution in [0.4, 0.5) is 0 Å². The molecule has 0 heterocycles. The van der Waals surface area contributed by atoms with Crippen molar-refractivity contribution in [1.82, 2.24) is 4.90 Å². The van der Waals surface area contributed by atoms with Crippen LogP contribution in [0.15, 0.2) is 24.3 Å². The van der Waals surface area contributed by atoms with E-state index < -0.39 is 11.4 Å². The predicted octanol–water partition coefficient (Wildman–Crippen LogP) is 2.39. The minimum Gasteiger partial charge on any atom is -0.465 e. The van der Waals surface area contributed by atoms with Gasteiger partial charge in [-0.3, -0.25) is 9.59 Å². The third-order valence-electron chi connectivity index (χ3n) is 3.57. The van der Waals surface area contributed by atoms with Gasteiger partial charge in [0.2, 0.25) is 5.91 Å². The summed E-state index contributed by atoms with van der Waals surface area (Å²) in [5.74, 6) is -0.461. The van der Waals surface area contributed by atoms with Crippen LogP contribution in [0, 0.1) is 0 Å². The molecule has 0 unspecified atom stereocenters. The van der Waals surface area contributed by atoms with Gasteiger partial charge in [-0.25, -0.2) is 0 Å². The van der Waals surface area contributed by atoms with E-state index in [1.165, 1.54) is 4.90 Å². The van der Waals surface area contributed by atoms with E-state index in [1.54, 1.807) is 20.0 Å². The predicted molar refractivity (Wildman–Crippen MR) is 76.6 cm³/mol. The monoisotopic (exact) mass is 295 g/mol. The van der Waals surface area contributed by atoms with Gasteiger partial charge in [-0.2, -0.15) is 0 Å². The Labute approximate surface area is 123 Å². The first-order valence-electron chi connectivity index (χ1n) is 6.67. The van der Waals surface area contributed by atoms with Crippen molar-refractivity contribution in [2.45, 2.75) is 25.2 Å². The topological polar surface area (TPSA) is 46.6 Å². The number of amides is 1. The maximum Gasteiger partial charge on any atom is 0.325 e. The first-order chi connectivity index (χ1) is 9.51. The summed E-state index contributed by atoms with van der Waals surface area (Å²) in [6.45, 7) is 2.03. The number of hydrogen-bond acceptors (Lipinski definition) is 3. The van der Waals surface area contributed by atoms with Crippen molar-refractivity contribution in [2.75, 3.05) is 20.2 Å². The molecule has 108 valence electrons. The SMILES string of the molecule is CCOC(=O)CN(C)C(=O)C1(c2ccccc2Cl)CC1. The number of carbonyl (C=O) groups excluding carboxylic acids is 2. The van der Waals surface area contributed by atoms with Gasteiger partial charge < -0.3 is 9.64 Å². The van der Waals surface area contributed by atoms with Crippen molar-refractivity contribution in [3.8, 4) is 0 Å². The highest BCUT2D eigenvalue weighted by Crippen LogP contribution is 2.51. The second-order valence-corrected chi connectivity index (χ2v) is 5.44. The van der Waals surface area contributed by atoms with Crippen molar-refractivity contribution in [3.05, 3.63) is 34.9 Å². The molecule has 20 heavy (non-hydrogen) atoms. The molecule has 0 atom stereocenters. The summed E-state index contributed by atoms with van der Waals surface area (Å²) in [4.78, 5) is 25.5. The Morgan fingerprint density at radius 1 is 1.35 bits per heavy atom. The third-order valence-corrected chi connectivity index (χ3v) is 3.90. The zero-order valence-electron chi connectivity index (χ0n) is 11.7. The van der Waals surface area contributed by atoms with Gasteiger partial charge in [-0.1, -0.05) is 29.8 Å². The van der Waals surface area contributed by atoms with Crippen molar-refractivity contribution in [2.24, 2.45) is 0 Å². The quantitative estimate of drug-likeness (QED) is 0.784. The number of esters is 1. The first kappa shape index (κ1) is 14.9. The standard InChI is InChI=1S/C15H18ClNO3/c1-3-20-13(18)10-17(2)14(19)15(8-9-15)11-6-4-5-7-12(11)16/h4-7H,3,8-10H2,1-2H3. The maximum absolute atomic E-state index is 12.6. The Morgan fingerprint density at radius 3 is 2.55 bits per heavy atom. The van der Waals surface area contributed by atoms with Crippen LogP contribution < -0.4 is 0 Å². The van der Waals surface area contributed by atoms with E-state index in [0.29, 0.717) is 11.6 Å². The van der Waals surface area contributed by atoms with Crippen molar-refractivity contribution >= 4 is 23.5 Å². The Hall–Kier alpha value is -1.55. The van der Waals surface area contributed by atoms with Gasteiger partial charge >= 0.3 is 5.97 Å². The molecule has 2 rings (SSSR count). The molecule has 0 aliphatic heterocycles. The fourth-order valence-corrected chi connectivity index (χ4v) is 2.73. The average Bonchev–Trinajstić information content (AvgIpc) is 3.20. The smallest absolute Gasteiger partial charge is 0.325 e. The molecule has 0 saturated heterocycles. The number of ether oxygens (including phenoxy) is 1. The Balaban J connectivity index is 2.13. The normalized spacial score (nSPS) is 15.6. The van der Waals surface area contributed by atoms with Crippen LogP contribution in [0.3, 0.4) is 0 Å². The fraction of sp³-hybridized carbons (Fsp3) is 0.467. The van der Waals surface area contributed by atoms with E-state index in [1.807, 2.05) is 18.2 Å². The van der Waals surface area contributed by atoms with Crippen LogP contribution in [0.5, 0.6) is 0 Å². The summed E-state index contributed by atoms with van der Waals surface area (Å²) in [7, 11) is 1.62. The van der Waals surface area contributed by atoms with Crippen LogP contribution >= 0.6 is 11.6 Å². The van der Waals surface area contributed by atoms with E-state index in [9.17, 15) is 9.59 Å². The van der Waals surface area contributed by atoms with Crippen LogP contribution in [0.2, 0.25) is 5.02 Å². The van der Waals surface area contributed by atoms with Gasteiger partial charge in [0.05, 0.1) is 12.0 Å². The number of likely N-dealkylation sites (N-methyl/N-ethyl adjacent to an activating group) is 1. The van der Waals surface area contributed by atoms with E-state index >= 15 is 0 Å². The molecule has 1 fully saturated rings. The second-order valence-electron chi connectivity index (χ2n) is 5.03. The zero-order chi connectivity index (χ0) is 14.8. The average molecular weight is 296 g/mol. The summed E-state index contributed by atoms with van der Waals surface area (Å²) in [5.41, 5.74) is 0.293. The lowest BCUT2D eigenvalue weighted by Gasteiger charge is -2.23. The Morgan fingerprint density at radius 2 is 2.00 bits per heavy atom. The summed E-state index contributed by atoms with van der Waals surface area (Å²) in [5, 5.41) is 0.600. The molecule has 0 bridgehead atoms. The molecule has 4 nitrogen and oxygen atoms in total. The molecule has 1 amide bonds. The zero-order valence-corrected chi connectivity index (χ0v) is 12.4. The van der Waals surface area contributed by atoms with Gasteiger partial charge in [0, 0.05) is 12.1 Å². The van der Waals surface area contributed by atoms with Crippen LogP contribution in [-0.4, -0.2) is 37.0 Å². The number of nitrogens with zero attached hydrogens (tertiary/aromatic N) is 1. The molecule has 0 radical (unpaired) electrons. The van der Waals surface area contributed by atoms with Crippen molar-refractivity contribution < 1.29 is 14.3 Å². The van der Waals surface area contributed by atoms with Crippen LogP contribution in [0.1, 0.15) is 25.3 Å². The van der Waals surface area contributed by atoms with Crippen LogP contribution in [-0.2, 0) is 19.7 Å². The summed E-state index contributed by atoms with van der Waals surface area (Å²) >= 11 is 6.19. The van der Waals surface area contributed by atoms with Gasteiger partial charge in [0.15, 0.2) is 0 Å². The van der Waals surface area contributed by atoms with Crippen molar-refractivity contribution in [1.29, 1.82) is 0 Å². The first-order valence-corrected chi connectivity index (χ1v) is 7.05. The molecule has 1 saturated carbocycles. The van der Waals surface area contributed by atoms with Gasteiger partial charge in [-0.15, -0.1) is 0 Å². The molecule has 0 N–H and O–H groups in total. The summed E-state index contributed by atoms with van der Waals surface area (Å²) in [6.07, 6.45) is 1.53. The van der Waals surface area contributed by atoms with Gasteiger partial charge in [0.1, 0.15) is 6.54 Å². The van der Waals surface area contributed by atoms with E-state index in [-0.39, 0.29) is 12.5 Å². The molecule has 0 spiro atoms. The minimum absolute atomic E-state index is 0.0289. The number of hydrogen-bond donors (Lipinski definition) is 0. The van der Waals surface area contributed by atoms with Crippen molar-refractivity contribution in [3.63, 3.8) is 0 Å². The summed E-state index contributed by atoms with van der Waals surface area (Å²) < 4.78 is 4.87. The molecular weight excluding hydrogens is 278 g/mol. The van der Waals surface area contributed by atoms with E-state index in [4.69, 9.17) is 16.3 Å². The minimum atomic E-state index is -0.556. The Bertz CT molecular complexity index is 526. The van der Waals surface area contributed by atoms with Gasteiger partial charge in [-0.05, 0) is 31.4 Å². The van der Waals surface area contributed by atoms with E-state index in [2.05, 4.69) is 0 Å². The maximum atomic E-state index is 12.6. The molecule has 5 heteroatoms. The fourth-order valence-electron chi connectivity index (χ4n) is 2.41. The number of halogens is 1. The highest BCUT2D eigenvalue weighted by atomic mass is 35.5. The highest BCUT2D eigenvalue weighted by Gasteiger charge is 2.53. The lowest BCUT2D eigenvalue weighted by atomic mass is 9.94. The lowest BCUT2D eigenvalue weighted by molar-refractivity contribution is -0.148. The van der Waals surface area contributed by atoms with E-state index in [0.717, 1.165) is 18.4 Å².